The molecule has 106 valence electrons. The van der Waals surface area contributed by atoms with E-state index < -0.39 is 0 Å². The van der Waals surface area contributed by atoms with Crippen molar-refractivity contribution in [3.8, 4) is 5.75 Å². The van der Waals surface area contributed by atoms with Gasteiger partial charge in [-0.15, -0.1) is 0 Å². The van der Waals surface area contributed by atoms with Crippen LogP contribution >= 0.6 is 0 Å². The molecule has 1 aromatic rings. The first-order valence-corrected chi connectivity index (χ1v) is 7.29. The Balaban J connectivity index is 2.09. The van der Waals surface area contributed by atoms with Crippen molar-refractivity contribution >= 4 is 6.08 Å². The molecule has 0 radical (unpaired) electrons. The van der Waals surface area contributed by atoms with Crippen LogP contribution in [0.3, 0.4) is 0 Å². The van der Waals surface area contributed by atoms with Crippen molar-refractivity contribution in [1.82, 2.24) is 5.32 Å². The summed E-state index contributed by atoms with van der Waals surface area (Å²) in [4.78, 5) is 0. The first-order valence-electron chi connectivity index (χ1n) is 7.29. The van der Waals surface area contributed by atoms with E-state index >= 15 is 0 Å². The lowest BCUT2D eigenvalue weighted by molar-refractivity contribution is 0.415. The standard InChI is InChI=1S/C18H23NO/c1-3-4-13-19-18-8-6-5-7-16(18)14-15-9-11-17(20-2)12-10-15/h5-6,8-12,14,19H,3-4,7,13H2,1-2H3. The summed E-state index contributed by atoms with van der Waals surface area (Å²) in [6.07, 6.45) is 12.1. The molecular weight excluding hydrogens is 246 g/mol. The lowest BCUT2D eigenvalue weighted by atomic mass is 10.0. The average Bonchev–Trinajstić information content (AvgIpc) is 2.50. The highest BCUT2D eigenvalue weighted by atomic mass is 16.5. The maximum absolute atomic E-state index is 5.19. The highest BCUT2D eigenvalue weighted by Crippen LogP contribution is 2.22. The quantitative estimate of drug-likeness (QED) is 0.777. The second kappa shape index (κ2) is 7.59. The van der Waals surface area contributed by atoms with E-state index in [0.29, 0.717) is 0 Å². The molecule has 0 aromatic heterocycles. The van der Waals surface area contributed by atoms with E-state index in [1.54, 1.807) is 7.11 Å². The van der Waals surface area contributed by atoms with Gasteiger partial charge in [-0.1, -0.05) is 37.6 Å². The lowest BCUT2D eigenvalue weighted by Crippen LogP contribution is -2.17. The van der Waals surface area contributed by atoms with Gasteiger partial charge in [0.25, 0.3) is 0 Å². The van der Waals surface area contributed by atoms with E-state index in [0.717, 1.165) is 18.7 Å². The van der Waals surface area contributed by atoms with Crippen LogP contribution in [-0.4, -0.2) is 13.7 Å². The van der Waals surface area contributed by atoms with Gasteiger partial charge >= 0.3 is 0 Å². The van der Waals surface area contributed by atoms with Gasteiger partial charge in [-0.3, -0.25) is 0 Å². The minimum absolute atomic E-state index is 0.896. The molecule has 1 aliphatic rings. The van der Waals surface area contributed by atoms with Crippen molar-refractivity contribution in [3.05, 3.63) is 59.3 Å². The van der Waals surface area contributed by atoms with Gasteiger partial charge in [-0.25, -0.2) is 0 Å². The van der Waals surface area contributed by atoms with Crippen molar-refractivity contribution in [2.24, 2.45) is 0 Å². The molecule has 1 N–H and O–H groups in total. The molecule has 0 spiro atoms. The summed E-state index contributed by atoms with van der Waals surface area (Å²) in [7, 11) is 1.69. The van der Waals surface area contributed by atoms with Crippen LogP contribution in [0.15, 0.2) is 53.8 Å². The van der Waals surface area contributed by atoms with E-state index in [1.165, 1.54) is 29.7 Å². The number of ether oxygens (including phenoxy) is 1. The zero-order valence-electron chi connectivity index (χ0n) is 12.4. The summed E-state index contributed by atoms with van der Waals surface area (Å²) in [6, 6.07) is 8.18. The topological polar surface area (TPSA) is 21.3 Å². The Morgan fingerprint density at radius 1 is 1.25 bits per heavy atom. The minimum Gasteiger partial charge on any atom is -0.497 e. The van der Waals surface area contributed by atoms with Crippen LogP contribution in [0, 0.1) is 0 Å². The molecular formula is C18H23NO. The number of allylic oxidation sites excluding steroid dienone is 4. The Kier molecular flexibility index (Phi) is 5.48. The van der Waals surface area contributed by atoms with Crippen LogP contribution in [-0.2, 0) is 0 Å². The molecule has 0 saturated carbocycles. The number of rotatable bonds is 6. The normalized spacial score (nSPS) is 16.1. The SMILES string of the molecule is CCCCNC1=CC=CCC1=Cc1ccc(OC)cc1. The first-order chi connectivity index (χ1) is 9.83. The van der Waals surface area contributed by atoms with Gasteiger partial charge in [0, 0.05) is 12.2 Å². The highest BCUT2D eigenvalue weighted by Gasteiger charge is 2.06. The van der Waals surface area contributed by atoms with E-state index in [1.807, 2.05) is 12.1 Å². The van der Waals surface area contributed by atoms with Crippen LogP contribution in [0.25, 0.3) is 6.08 Å². The number of nitrogens with one attached hydrogen (secondary N) is 1. The Morgan fingerprint density at radius 3 is 2.75 bits per heavy atom. The van der Waals surface area contributed by atoms with E-state index in [2.05, 4.69) is 48.7 Å². The van der Waals surface area contributed by atoms with E-state index in [4.69, 9.17) is 4.74 Å². The molecule has 0 bridgehead atoms. The molecule has 0 saturated heterocycles. The molecule has 0 aliphatic heterocycles. The van der Waals surface area contributed by atoms with Gasteiger partial charge in [0.15, 0.2) is 0 Å². The molecule has 1 aliphatic carbocycles. The molecule has 1 aromatic carbocycles. The smallest absolute Gasteiger partial charge is 0.118 e. The van der Waals surface area contributed by atoms with Crippen molar-refractivity contribution in [2.75, 3.05) is 13.7 Å². The molecule has 0 heterocycles. The Hall–Kier alpha value is -1.96. The summed E-state index contributed by atoms with van der Waals surface area (Å²) in [6.45, 7) is 3.25. The van der Waals surface area contributed by atoms with Gasteiger partial charge in [0.2, 0.25) is 0 Å². The number of benzene rings is 1. The van der Waals surface area contributed by atoms with Crippen molar-refractivity contribution in [1.29, 1.82) is 0 Å². The molecule has 0 fully saturated rings. The zero-order chi connectivity index (χ0) is 14.2. The molecule has 2 nitrogen and oxygen atoms in total. The Morgan fingerprint density at radius 2 is 2.05 bits per heavy atom. The van der Waals surface area contributed by atoms with E-state index in [-0.39, 0.29) is 0 Å². The molecule has 2 rings (SSSR count). The minimum atomic E-state index is 0.896. The third kappa shape index (κ3) is 4.02. The fourth-order valence-corrected chi connectivity index (χ4v) is 2.19. The monoisotopic (exact) mass is 269 g/mol. The fraction of sp³-hybridized carbons (Fsp3) is 0.333. The zero-order valence-corrected chi connectivity index (χ0v) is 12.4. The number of hydrogen-bond acceptors (Lipinski definition) is 2. The third-order valence-corrected chi connectivity index (χ3v) is 3.39. The van der Waals surface area contributed by atoms with Gasteiger partial charge in [0.1, 0.15) is 5.75 Å². The largest absolute Gasteiger partial charge is 0.497 e. The Labute approximate surface area is 121 Å². The summed E-state index contributed by atoms with van der Waals surface area (Å²) < 4.78 is 5.19. The molecule has 0 amide bonds. The van der Waals surface area contributed by atoms with Crippen molar-refractivity contribution < 1.29 is 4.74 Å². The van der Waals surface area contributed by atoms with Gasteiger partial charge in [-0.05, 0) is 48.3 Å². The van der Waals surface area contributed by atoms with Gasteiger partial charge < -0.3 is 10.1 Å². The molecule has 2 heteroatoms. The van der Waals surface area contributed by atoms with Crippen molar-refractivity contribution in [3.63, 3.8) is 0 Å². The van der Waals surface area contributed by atoms with Crippen LogP contribution < -0.4 is 10.1 Å². The summed E-state index contributed by atoms with van der Waals surface area (Å²) >= 11 is 0. The van der Waals surface area contributed by atoms with Crippen LogP contribution in [0.5, 0.6) is 5.75 Å². The van der Waals surface area contributed by atoms with Crippen LogP contribution in [0.1, 0.15) is 31.7 Å². The van der Waals surface area contributed by atoms with Crippen molar-refractivity contribution in [2.45, 2.75) is 26.2 Å². The predicted octanol–water partition coefficient (Wildman–Crippen LogP) is 4.31. The molecule has 0 unspecified atom stereocenters. The average molecular weight is 269 g/mol. The fourth-order valence-electron chi connectivity index (χ4n) is 2.19. The second-order valence-corrected chi connectivity index (χ2v) is 4.94. The van der Waals surface area contributed by atoms with Crippen LogP contribution in [0.4, 0.5) is 0 Å². The van der Waals surface area contributed by atoms with Crippen LogP contribution in [0.2, 0.25) is 0 Å². The summed E-state index contributed by atoms with van der Waals surface area (Å²) in [5.74, 6) is 0.896. The van der Waals surface area contributed by atoms with Gasteiger partial charge in [-0.2, -0.15) is 0 Å². The Bertz CT molecular complexity index is 509. The highest BCUT2D eigenvalue weighted by molar-refractivity contribution is 5.60. The second-order valence-electron chi connectivity index (χ2n) is 4.94. The maximum Gasteiger partial charge on any atom is 0.118 e. The number of hydrogen-bond donors (Lipinski definition) is 1. The third-order valence-electron chi connectivity index (χ3n) is 3.39. The van der Waals surface area contributed by atoms with E-state index in [9.17, 15) is 0 Å². The number of unbranched alkanes of at least 4 members (excludes halogenated alkanes) is 1. The maximum atomic E-state index is 5.19. The molecule has 20 heavy (non-hydrogen) atoms. The van der Waals surface area contributed by atoms with Gasteiger partial charge in [0.05, 0.1) is 7.11 Å². The lowest BCUT2D eigenvalue weighted by Gasteiger charge is -2.16. The summed E-state index contributed by atoms with van der Waals surface area (Å²) in [5.41, 5.74) is 3.80. The first kappa shape index (κ1) is 14.4. The number of methoxy groups -OCH3 is 1. The summed E-state index contributed by atoms with van der Waals surface area (Å²) in [5, 5.41) is 3.53. The predicted molar refractivity (Wildman–Crippen MR) is 85.7 cm³/mol. The molecule has 0 atom stereocenters.